The van der Waals surface area contributed by atoms with Gasteiger partial charge in [-0.3, -0.25) is 4.79 Å². The van der Waals surface area contributed by atoms with Crippen molar-refractivity contribution in [1.29, 1.82) is 0 Å². The molecule has 2 aliphatic rings. The average molecular weight is 222 g/mol. The molecule has 1 aliphatic heterocycles. The fraction of sp³-hybridized carbons (Fsp3) is 0.786. The molecule has 2 heteroatoms. The number of ether oxygens (including phenoxy) is 1. The standard InChI is InChI=1S/C14H22O2/c1-9(2)11-7-14(5-6-16-8-14)13(15)12(11)10(3)4/h9-10H,5-8H2,1-4H3. The van der Waals surface area contributed by atoms with Gasteiger partial charge in [-0.05, 0) is 30.3 Å². The van der Waals surface area contributed by atoms with Crippen molar-refractivity contribution < 1.29 is 9.53 Å². The van der Waals surface area contributed by atoms with Crippen LogP contribution in [0.3, 0.4) is 0 Å². The first-order valence-electron chi connectivity index (χ1n) is 6.33. The molecule has 90 valence electrons. The van der Waals surface area contributed by atoms with Crippen LogP contribution in [-0.2, 0) is 9.53 Å². The van der Waals surface area contributed by atoms with Crippen molar-refractivity contribution in [3.63, 3.8) is 0 Å². The van der Waals surface area contributed by atoms with E-state index in [0.717, 1.165) is 25.0 Å². The van der Waals surface area contributed by atoms with Gasteiger partial charge < -0.3 is 4.74 Å². The van der Waals surface area contributed by atoms with Crippen molar-refractivity contribution in [3.05, 3.63) is 11.1 Å². The lowest BCUT2D eigenvalue weighted by molar-refractivity contribution is -0.124. The molecule has 1 unspecified atom stereocenters. The molecule has 0 radical (unpaired) electrons. The molecule has 0 aromatic carbocycles. The molecule has 1 heterocycles. The first kappa shape index (κ1) is 11.8. The van der Waals surface area contributed by atoms with Gasteiger partial charge in [0.2, 0.25) is 0 Å². The quantitative estimate of drug-likeness (QED) is 0.718. The summed E-state index contributed by atoms with van der Waals surface area (Å²) in [6, 6.07) is 0. The van der Waals surface area contributed by atoms with Gasteiger partial charge in [0.1, 0.15) is 0 Å². The maximum Gasteiger partial charge on any atom is 0.167 e. The van der Waals surface area contributed by atoms with E-state index in [9.17, 15) is 4.79 Å². The second-order valence-electron chi connectivity index (χ2n) is 5.84. The molecule has 0 amide bonds. The number of hydrogen-bond donors (Lipinski definition) is 0. The van der Waals surface area contributed by atoms with Gasteiger partial charge in [0, 0.05) is 6.61 Å². The van der Waals surface area contributed by atoms with Crippen LogP contribution in [-0.4, -0.2) is 19.0 Å². The van der Waals surface area contributed by atoms with Gasteiger partial charge >= 0.3 is 0 Å². The second kappa shape index (κ2) is 3.99. The highest BCUT2D eigenvalue weighted by Crippen LogP contribution is 2.48. The van der Waals surface area contributed by atoms with Crippen molar-refractivity contribution in [1.82, 2.24) is 0 Å². The average Bonchev–Trinajstić information content (AvgIpc) is 2.75. The highest BCUT2D eigenvalue weighted by molar-refractivity contribution is 6.04. The van der Waals surface area contributed by atoms with Crippen LogP contribution in [0.5, 0.6) is 0 Å². The maximum atomic E-state index is 12.5. The summed E-state index contributed by atoms with van der Waals surface area (Å²) < 4.78 is 5.46. The SMILES string of the molecule is CC(C)C1=C(C(C)C)C(=O)C2(CCOC2)C1. The fourth-order valence-electron chi connectivity index (χ4n) is 3.05. The minimum absolute atomic E-state index is 0.181. The second-order valence-corrected chi connectivity index (χ2v) is 5.84. The maximum absolute atomic E-state index is 12.5. The fourth-order valence-corrected chi connectivity index (χ4v) is 3.05. The summed E-state index contributed by atoms with van der Waals surface area (Å²) in [6.45, 7) is 10.0. The van der Waals surface area contributed by atoms with Gasteiger partial charge in [-0.1, -0.05) is 33.3 Å². The number of ketones is 1. The first-order valence-corrected chi connectivity index (χ1v) is 6.33. The third-order valence-corrected chi connectivity index (χ3v) is 3.98. The zero-order valence-electron chi connectivity index (χ0n) is 10.8. The predicted octanol–water partition coefficient (Wildman–Crippen LogP) is 2.97. The molecule has 1 fully saturated rings. The smallest absolute Gasteiger partial charge is 0.167 e. The monoisotopic (exact) mass is 222 g/mol. The largest absolute Gasteiger partial charge is 0.380 e. The van der Waals surface area contributed by atoms with Crippen LogP contribution in [0.25, 0.3) is 0 Å². The Labute approximate surface area is 98.1 Å². The van der Waals surface area contributed by atoms with Crippen molar-refractivity contribution in [2.75, 3.05) is 13.2 Å². The minimum Gasteiger partial charge on any atom is -0.380 e. The summed E-state index contributed by atoms with van der Waals surface area (Å²) in [5, 5.41) is 0. The van der Waals surface area contributed by atoms with Gasteiger partial charge in [0.25, 0.3) is 0 Å². The summed E-state index contributed by atoms with van der Waals surface area (Å²) >= 11 is 0. The molecule has 2 nitrogen and oxygen atoms in total. The summed E-state index contributed by atoms with van der Waals surface area (Å²) in [4.78, 5) is 12.5. The van der Waals surface area contributed by atoms with E-state index in [1.807, 2.05) is 0 Å². The molecule has 0 aromatic heterocycles. The van der Waals surface area contributed by atoms with E-state index in [1.54, 1.807) is 0 Å². The third kappa shape index (κ3) is 1.64. The Kier molecular flexibility index (Phi) is 2.95. The van der Waals surface area contributed by atoms with Gasteiger partial charge in [0.05, 0.1) is 12.0 Å². The molecule has 1 aliphatic carbocycles. The predicted molar refractivity (Wildman–Crippen MR) is 64.2 cm³/mol. The van der Waals surface area contributed by atoms with Gasteiger partial charge in [-0.25, -0.2) is 0 Å². The van der Waals surface area contributed by atoms with Gasteiger partial charge in [0.15, 0.2) is 5.78 Å². The molecule has 1 atom stereocenters. The normalized spacial score (nSPS) is 30.5. The van der Waals surface area contributed by atoms with E-state index in [0.29, 0.717) is 24.2 Å². The Balaban J connectivity index is 2.36. The van der Waals surface area contributed by atoms with E-state index < -0.39 is 0 Å². The van der Waals surface area contributed by atoms with Gasteiger partial charge in [-0.15, -0.1) is 0 Å². The Morgan fingerprint density at radius 2 is 1.88 bits per heavy atom. The Bertz CT molecular complexity index is 331. The van der Waals surface area contributed by atoms with Crippen LogP contribution in [0, 0.1) is 17.3 Å². The lowest BCUT2D eigenvalue weighted by Crippen LogP contribution is -2.29. The van der Waals surface area contributed by atoms with Crippen LogP contribution >= 0.6 is 0 Å². The number of Topliss-reactive ketones (excluding diaryl/α,β-unsaturated/α-hetero) is 1. The Morgan fingerprint density at radius 3 is 2.25 bits per heavy atom. The number of rotatable bonds is 2. The highest BCUT2D eigenvalue weighted by Gasteiger charge is 2.49. The molecular formula is C14H22O2. The summed E-state index contributed by atoms with van der Waals surface area (Å²) in [5.41, 5.74) is 2.30. The zero-order valence-corrected chi connectivity index (χ0v) is 10.8. The molecule has 0 aromatic rings. The summed E-state index contributed by atoms with van der Waals surface area (Å²) in [5.74, 6) is 1.22. The highest BCUT2D eigenvalue weighted by atomic mass is 16.5. The Morgan fingerprint density at radius 1 is 1.19 bits per heavy atom. The minimum atomic E-state index is -0.181. The topological polar surface area (TPSA) is 26.3 Å². The molecule has 16 heavy (non-hydrogen) atoms. The molecular weight excluding hydrogens is 200 g/mol. The first-order chi connectivity index (χ1) is 7.48. The summed E-state index contributed by atoms with van der Waals surface area (Å²) in [6.07, 6.45) is 1.86. The van der Waals surface area contributed by atoms with Crippen LogP contribution < -0.4 is 0 Å². The Hall–Kier alpha value is -0.630. The zero-order chi connectivity index (χ0) is 11.9. The van der Waals surface area contributed by atoms with E-state index in [1.165, 1.54) is 5.57 Å². The number of allylic oxidation sites excluding steroid dienone is 2. The summed E-state index contributed by atoms with van der Waals surface area (Å²) in [7, 11) is 0. The number of hydrogen-bond acceptors (Lipinski definition) is 2. The molecule has 1 spiro atoms. The lowest BCUT2D eigenvalue weighted by Gasteiger charge is -2.20. The third-order valence-electron chi connectivity index (χ3n) is 3.98. The van der Waals surface area contributed by atoms with Crippen molar-refractivity contribution in [2.45, 2.75) is 40.5 Å². The lowest BCUT2D eigenvalue weighted by atomic mass is 9.80. The molecule has 0 saturated carbocycles. The van der Waals surface area contributed by atoms with E-state index in [-0.39, 0.29) is 5.41 Å². The molecule has 0 bridgehead atoms. The van der Waals surface area contributed by atoms with Crippen molar-refractivity contribution in [2.24, 2.45) is 17.3 Å². The van der Waals surface area contributed by atoms with Crippen molar-refractivity contribution in [3.8, 4) is 0 Å². The van der Waals surface area contributed by atoms with E-state index in [2.05, 4.69) is 27.7 Å². The van der Waals surface area contributed by atoms with Crippen LogP contribution in [0.4, 0.5) is 0 Å². The van der Waals surface area contributed by atoms with E-state index >= 15 is 0 Å². The van der Waals surface area contributed by atoms with Crippen molar-refractivity contribution >= 4 is 5.78 Å². The molecule has 0 N–H and O–H groups in total. The van der Waals surface area contributed by atoms with Crippen LogP contribution in [0.2, 0.25) is 0 Å². The number of carbonyl (C=O) groups excluding carboxylic acids is 1. The van der Waals surface area contributed by atoms with Crippen LogP contribution in [0.1, 0.15) is 40.5 Å². The number of carbonyl (C=O) groups is 1. The molecule has 2 rings (SSSR count). The van der Waals surface area contributed by atoms with Crippen LogP contribution in [0.15, 0.2) is 11.1 Å². The van der Waals surface area contributed by atoms with E-state index in [4.69, 9.17) is 4.74 Å². The molecule has 1 saturated heterocycles. The van der Waals surface area contributed by atoms with Gasteiger partial charge in [-0.2, -0.15) is 0 Å².